The third kappa shape index (κ3) is 23.7. The molecule has 0 bridgehead atoms. The average molecular weight is 1960 g/mol. The van der Waals surface area contributed by atoms with Gasteiger partial charge in [0.05, 0.1) is 79.3 Å². The van der Waals surface area contributed by atoms with Crippen LogP contribution in [-0.2, 0) is 109 Å². The second-order valence-corrected chi connectivity index (χ2v) is 33.9. The summed E-state index contributed by atoms with van der Waals surface area (Å²) >= 11 is 0. The van der Waals surface area contributed by atoms with Gasteiger partial charge in [0.2, 0.25) is 0 Å². The molecule has 133 heavy (non-hydrogen) atoms. The van der Waals surface area contributed by atoms with Gasteiger partial charge >= 0.3 is 0 Å². The zero-order valence-electron chi connectivity index (χ0n) is 69.5. The second kappa shape index (κ2) is 47.4. The Balaban J connectivity index is 0.676. The molecule has 0 aromatic heterocycles. The van der Waals surface area contributed by atoms with E-state index in [1.54, 1.807) is 0 Å². The van der Waals surface area contributed by atoms with Crippen molar-refractivity contribution in [2.75, 3.05) is 79.3 Å². The van der Waals surface area contributed by atoms with Crippen molar-refractivity contribution in [3.05, 3.63) is 0 Å². The fourth-order valence-electron chi connectivity index (χ4n) is 16.7. The molecule has 0 amide bonds. The predicted molar refractivity (Wildman–Crippen MR) is 395 cm³/mol. The van der Waals surface area contributed by atoms with E-state index in [4.69, 9.17) is 109 Å². The van der Waals surface area contributed by atoms with Gasteiger partial charge in [-0.15, -0.1) is 0 Å². The van der Waals surface area contributed by atoms with Crippen LogP contribution < -0.4 is 0 Å². The summed E-state index contributed by atoms with van der Waals surface area (Å²) in [5.41, 5.74) is 0. The SMILES string of the molecule is OC[C@H]1O[C@H](OC[C@H]2O[C@H](O[C@@H]3[C@@H](O)[C@@H](OC[C@H]4O[C@H](OC[C@H]5O[C@H](OC[C@H]6O[C@H](O)[C@H](O)[C@@H](O)[C@@H]6O)[C@H](O)[C@@H](O[C@H]6O[C@H](CO[C@H]7O[C@H](CO)[C@@H](O)[C@@H](O[C@H]8O[C@H](CO[C@H]9O[C@H](CO)[C@@H](O)[C@H](O[C@H]%10O[C@H](CO[C@H]%11O[C@H](CO)[C@@H](O)[C@H](O)[C@H]%11O)[C@@H](O)[C@H](O)[C@H]%10O)[C@H]9O)[C@@H](O)[C@H](O)[C@H]8O)[C@H]7O)[C@@H](O)[C@H](O)[C@H]6O)[C@@H]5O)[C@H](O)[C@@H](O)[C@@H]4O)O[C@H](CO)[C@H]3O)[C@H](O)[C@@H](O)[C@@H]2O)[C@H](O)[C@@H](O)[C@@H]1O. The summed E-state index contributed by atoms with van der Waals surface area (Å²) < 4.78 is 129. The first-order valence-electron chi connectivity index (χ1n) is 42.2. The number of rotatable bonds is 34. The molecule has 38 N–H and O–H groups in total. The van der Waals surface area contributed by atoms with Crippen molar-refractivity contribution in [1.29, 1.82) is 0 Å². The summed E-state index contributed by atoms with van der Waals surface area (Å²) in [6, 6.07) is 0. The summed E-state index contributed by atoms with van der Waals surface area (Å²) in [5, 5.41) is 413. The summed E-state index contributed by atoms with van der Waals surface area (Å²) in [4.78, 5) is 0. The van der Waals surface area contributed by atoms with Gasteiger partial charge < -0.3 is 303 Å². The highest BCUT2D eigenvalue weighted by Gasteiger charge is 2.61. The van der Waals surface area contributed by atoms with E-state index in [2.05, 4.69) is 0 Å². The smallest absolute Gasteiger partial charge is 0.187 e. The largest absolute Gasteiger partial charge is 0.394 e. The maximum absolute atomic E-state index is 12.1. The molecule has 12 saturated heterocycles. The van der Waals surface area contributed by atoms with E-state index in [0.29, 0.717) is 0 Å². The maximum atomic E-state index is 12.1. The van der Waals surface area contributed by atoms with Gasteiger partial charge in [0, 0.05) is 0 Å². The van der Waals surface area contributed by atoms with Gasteiger partial charge in [-0.05, 0) is 0 Å². The summed E-state index contributed by atoms with van der Waals surface area (Å²) in [6.07, 6.45) is -124. The van der Waals surface area contributed by atoms with E-state index in [-0.39, 0.29) is 0 Å². The van der Waals surface area contributed by atoms with Crippen molar-refractivity contribution in [2.24, 2.45) is 0 Å². The molecule has 12 fully saturated rings. The van der Waals surface area contributed by atoms with Crippen LogP contribution in [0.4, 0.5) is 0 Å². The van der Waals surface area contributed by atoms with Gasteiger partial charge in [-0.2, -0.15) is 0 Å². The number of aliphatic hydroxyl groups excluding tert-OH is 38. The van der Waals surface area contributed by atoms with Crippen molar-refractivity contribution >= 4 is 0 Å². The fourth-order valence-corrected chi connectivity index (χ4v) is 16.7. The molecular formula is C72H122O61. The lowest BCUT2D eigenvalue weighted by atomic mass is 9.96. The number of hydrogen-bond donors (Lipinski definition) is 38. The highest BCUT2D eigenvalue weighted by atomic mass is 16.8. The van der Waals surface area contributed by atoms with Gasteiger partial charge in [0.1, 0.15) is 293 Å². The van der Waals surface area contributed by atoms with Crippen LogP contribution in [0.25, 0.3) is 0 Å². The van der Waals surface area contributed by atoms with E-state index in [1.807, 2.05) is 0 Å². The minimum absolute atomic E-state index is 0.846. The molecule has 0 aromatic rings. The summed E-state index contributed by atoms with van der Waals surface area (Å²) in [7, 11) is 0. The normalized spacial score (nSPS) is 53.8. The summed E-state index contributed by atoms with van der Waals surface area (Å²) in [5.74, 6) is 0. The minimum atomic E-state index is -2.41. The Kier molecular flexibility index (Phi) is 39.0. The van der Waals surface area contributed by atoms with Gasteiger partial charge in [-0.1, -0.05) is 0 Å². The second-order valence-electron chi connectivity index (χ2n) is 33.9. The lowest BCUT2D eigenvalue weighted by Gasteiger charge is -2.48. The average Bonchev–Trinajstić information content (AvgIpc) is 0.779. The molecule has 61 nitrogen and oxygen atoms in total. The Morgan fingerprint density at radius 2 is 0.263 bits per heavy atom. The molecule has 0 aromatic carbocycles. The topological polar surface area (TPSA) is 981 Å². The van der Waals surface area contributed by atoms with Gasteiger partial charge in [0.15, 0.2) is 75.5 Å². The van der Waals surface area contributed by atoms with Crippen LogP contribution in [0.3, 0.4) is 0 Å². The van der Waals surface area contributed by atoms with E-state index >= 15 is 0 Å². The number of aliphatic hydroxyl groups is 38. The van der Waals surface area contributed by atoms with Crippen LogP contribution >= 0.6 is 0 Å². The Labute approximate surface area is 748 Å². The van der Waals surface area contributed by atoms with Crippen LogP contribution in [0.5, 0.6) is 0 Å². The van der Waals surface area contributed by atoms with Crippen LogP contribution in [0, 0.1) is 0 Å². The van der Waals surface area contributed by atoms with Crippen LogP contribution in [0.15, 0.2) is 0 Å². The number of ether oxygens (including phenoxy) is 23. The molecule has 0 unspecified atom stereocenters. The highest BCUT2D eigenvalue weighted by molar-refractivity contribution is 5.03. The third-order valence-electron chi connectivity index (χ3n) is 25.0. The number of hydrogen-bond acceptors (Lipinski definition) is 61. The van der Waals surface area contributed by atoms with Crippen LogP contribution in [0.1, 0.15) is 0 Å². The quantitative estimate of drug-likeness (QED) is 0.0284. The molecule has 12 aliphatic rings. The van der Waals surface area contributed by atoms with Crippen molar-refractivity contribution in [3.63, 3.8) is 0 Å². The highest BCUT2D eigenvalue weighted by Crippen LogP contribution is 2.40. The minimum Gasteiger partial charge on any atom is -0.394 e. The molecule has 12 heterocycles. The van der Waals surface area contributed by atoms with Gasteiger partial charge in [-0.3, -0.25) is 0 Å². The lowest BCUT2D eigenvalue weighted by molar-refractivity contribution is -0.381. The van der Waals surface area contributed by atoms with Crippen molar-refractivity contribution in [2.45, 2.75) is 368 Å². The Morgan fingerprint density at radius 3 is 0.466 bits per heavy atom. The molecule has 12 rings (SSSR count). The lowest BCUT2D eigenvalue weighted by Crippen LogP contribution is -2.66. The molecule has 0 aliphatic carbocycles. The van der Waals surface area contributed by atoms with Gasteiger partial charge in [-0.25, -0.2) is 0 Å². The first-order chi connectivity index (χ1) is 62.9. The molecule has 61 heteroatoms. The van der Waals surface area contributed by atoms with E-state index in [1.165, 1.54) is 0 Å². The molecule has 12 aliphatic heterocycles. The first kappa shape index (κ1) is 109. The zero-order chi connectivity index (χ0) is 97.4. The molecule has 0 spiro atoms. The monoisotopic (exact) mass is 1960 g/mol. The molecule has 60 atom stereocenters. The van der Waals surface area contributed by atoms with Crippen LogP contribution in [-0.4, -0.2) is 642 Å². The molecular weight excluding hydrogens is 1840 g/mol. The molecule has 0 saturated carbocycles. The van der Waals surface area contributed by atoms with E-state index in [9.17, 15) is 194 Å². The Morgan fingerprint density at radius 1 is 0.128 bits per heavy atom. The Bertz CT molecular complexity index is 3460. The van der Waals surface area contributed by atoms with Crippen LogP contribution in [0.2, 0.25) is 0 Å². The van der Waals surface area contributed by atoms with Crippen molar-refractivity contribution in [3.8, 4) is 0 Å². The summed E-state index contributed by atoms with van der Waals surface area (Å²) in [6.45, 7) is -11.9. The van der Waals surface area contributed by atoms with E-state index < -0.39 is 448 Å². The van der Waals surface area contributed by atoms with Crippen molar-refractivity contribution in [1.82, 2.24) is 0 Å². The first-order valence-corrected chi connectivity index (χ1v) is 42.2. The Hall–Kier alpha value is -2.44. The molecule has 0 radical (unpaired) electrons. The standard InChI is InChI=1S/C72H122O61/c73-1-13-25(78)38(91)46(99)62(119-13)111-8-20-29(82)41(94)49(102)69(126-20)130-57-33(86)15(3-75)121-65(53(57)106)115-7-19-28(81)40(93)48(101)64(124-19)113-12-24-36(89)60(56(109)68(125-24)114-6-18-27(80)37(90)45(98)61(110)118-18)133-72-52(105)44(97)32(85)23(129-72)11-117-67-55(108)59(35(88)17(5-77)123-67)132-71-51(104)43(96)31(84)22(128-71)10-116-66-54(107)58(34(87)16(4-76)122-66)131-70-50(103)42(95)30(83)21(127-70)9-112-63-47(100)39(92)26(79)14(2-74)120-63/h13-110H,1-12H2/t13-,14-,15-,16-,17-,18-,19-,20-,21-,22-,23-,24-,25-,26-,27-,28-,29-,30-,31-,32-,33-,34-,35-,36-,37+,38+,39+,40+,41+,42+,43+,44+,45-,46-,47-,48-,49-,50-,51-,52-,53-,54-,55-,56-,57+,58+,59-,60+,61+,62+,63+,64+,65+,66+,67+,68+,69-,70-,71-,72-/m1/s1. The third-order valence-corrected chi connectivity index (χ3v) is 25.0. The fraction of sp³-hybridized carbons (Fsp3) is 1.00. The van der Waals surface area contributed by atoms with E-state index in [0.717, 1.165) is 0 Å². The zero-order valence-corrected chi connectivity index (χ0v) is 69.5. The maximum Gasteiger partial charge on any atom is 0.187 e. The predicted octanol–water partition coefficient (Wildman–Crippen LogP) is -27.2. The van der Waals surface area contributed by atoms with Gasteiger partial charge in [0.25, 0.3) is 0 Å². The van der Waals surface area contributed by atoms with Crippen molar-refractivity contribution < 1.29 is 303 Å². The molecule has 776 valence electrons.